The van der Waals surface area contributed by atoms with Crippen LogP contribution in [0.2, 0.25) is 0 Å². The summed E-state index contributed by atoms with van der Waals surface area (Å²) in [5, 5.41) is 2.58. The number of anilines is 2. The largest absolute Gasteiger partial charge is 0.487 e. The van der Waals surface area contributed by atoms with Gasteiger partial charge in [0, 0.05) is 12.4 Å². The minimum absolute atomic E-state index is 0.106. The molecule has 1 unspecified atom stereocenters. The number of ether oxygens (including phenoxy) is 1. The lowest BCUT2D eigenvalue weighted by Crippen LogP contribution is -2.25. The molecule has 0 saturated carbocycles. The molecule has 9 heteroatoms. The molecule has 0 aliphatic carbocycles. The molecule has 3 N–H and O–H groups in total. The molecular formula is C13H14F3N5O. The Hall–Kier alpha value is -2.58. The van der Waals surface area contributed by atoms with Gasteiger partial charge in [-0.1, -0.05) is 0 Å². The maximum atomic E-state index is 12.9. The van der Waals surface area contributed by atoms with Gasteiger partial charge >= 0.3 is 6.18 Å². The summed E-state index contributed by atoms with van der Waals surface area (Å²) in [6.45, 7) is 1.81. The molecule has 118 valence electrons. The van der Waals surface area contributed by atoms with E-state index in [0.29, 0.717) is 11.9 Å². The van der Waals surface area contributed by atoms with Crippen molar-refractivity contribution in [2.24, 2.45) is 0 Å². The first-order valence-corrected chi connectivity index (χ1v) is 6.36. The lowest BCUT2D eigenvalue weighted by atomic mass is 10.3. The fraction of sp³-hybridized carbons (Fsp3) is 0.308. The Morgan fingerprint density at radius 3 is 2.77 bits per heavy atom. The van der Waals surface area contributed by atoms with E-state index in [1.807, 2.05) is 0 Å². The van der Waals surface area contributed by atoms with Gasteiger partial charge in [0.05, 0.1) is 12.7 Å². The van der Waals surface area contributed by atoms with Crippen LogP contribution in [0.3, 0.4) is 0 Å². The molecule has 0 spiro atoms. The summed E-state index contributed by atoms with van der Waals surface area (Å²) < 4.78 is 44.1. The van der Waals surface area contributed by atoms with Crippen LogP contribution in [0.5, 0.6) is 5.75 Å². The summed E-state index contributed by atoms with van der Waals surface area (Å²) in [7, 11) is 0. The van der Waals surface area contributed by atoms with Gasteiger partial charge in [-0.05, 0) is 19.1 Å². The molecule has 0 saturated heterocycles. The third-order valence-corrected chi connectivity index (χ3v) is 2.64. The van der Waals surface area contributed by atoms with E-state index in [-0.39, 0.29) is 18.3 Å². The van der Waals surface area contributed by atoms with Crippen LogP contribution in [0.1, 0.15) is 12.5 Å². The van der Waals surface area contributed by atoms with Crippen molar-refractivity contribution >= 4 is 11.8 Å². The van der Waals surface area contributed by atoms with Crippen molar-refractivity contribution in [3.63, 3.8) is 0 Å². The average molecular weight is 313 g/mol. The van der Waals surface area contributed by atoms with Crippen molar-refractivity contribution < 1.29 is 17.9 Å². The number of nitrogens with zero attached hydrogens (tertiary/aromatic N) is 3. The summed E-state index contributed by atoms with van der Waals surface area (Å²) >= 11 is 0. The molecule has 2 aromatic heterocycles. The number of aromatic nitrogens is 3. The van der Waals surface area contributed by atoms with Gasteiger partial charge in [0.15, 0.2) is 0 Å². The van der Waals surface area contributed by atoms with E-state index in [1.54, 1.807) is 25.3 Å². The Bertz CT molecular complexity index is 621. The van der Waals surface area contributed by atoms with Gasteiger partial charge in [-0.25, -0.2) is 4.98 Å². The van der Waals surface area contributed by atoms with Crippen molar-refractivity contribution in [3.05, 3.63) is 36.3 Å². The molecule has 22 heavy (non-hydrogen) atoms. The molecule has 2 aromatic rings. The van der Waals surface area contributed by atoms with Crippen molar-refractivity contribution in [3.8, 4) is 5.75 Å². The number of hydrogen-bond acceptors (Lipinski definition) is 6. The van der Waals surface area contributed by atoms with Gasteiger partial charge in [-0.15, -0.1) is 0 Å². The minimum atomic E-state index is -4.57. The Morgan fingerprint density at radius 1 is 1.36 bits per heavy atom. The molecule has 0 aliphatic heterocycles. The van der Waals surface area contributed by atoms with Gasteiger partial charge < -0.3 is 15.8 Å². The number of alkyl halides is 3. The van der Waals surface area contributed by atoms with E-state index in [9.17, 15) is 13.2 Å². The quantitative estimate of drug-likeness (QED) is 0.881. The van der Waals surface area contributed by atoms with Crippen LogP contribution in [-0.4, -0.2) is 27.6 Å². The highest BCUT2D eigenvalue weighted by atomic mass is 19.4. The number of halogens is 3. The van der Waals surface area contributed by atoms with Crippen LogP contribution < -0.4 is 15.8 Å². The van der Waals surface area contributed by atoms with Gasteiger partial charge in [-0.2, -0.15) is 18.2 Å². The number of nitrogen functional groups attached to an aromatic ring is 1. The molecule has 0 bridgehead atoms. The van der Waals surface area contributed by atoms with E-state index in [2.05, 4.69) is 20.3 Å². The fourth-order valence-corrected chi connectivity index (χ4v) is 1.67. The molecule has 1 atom stereocenters. The highest BCUT2D eigenvalue weighted by Crippen LogP contribution is 2.33. The van der Waals surface area contributed by atoms with E-state index < -0.39 is 17.8 Å². The number of nitrogens with one attached hydrogen (secondary N) is 1. The third kappa shape index (κ3) is 4.21. The van der Waals surface area contributed by atoms with Crippen molar-refractivity contribution in [2.45, 2.75) is 19.2 Å². The summed E-state index contributed by atoms with van der Waals surface area (Å²) in [6.07, 6.45) is -1.21. The van der Waals surface area contributed by atoms with E-state index in [0.717, 1.165) is 0 Å². The second-order valence-corrected chi connectivity index (χ2v) is 4.49. The molecule has 0 fully saturated rings. The van der Waals surface area contributed by atoms with Gasteiger partial charge in [0.2, 0.25) is 5.95 Å². The average Bonchev–Trinajstić information content (AvgIpc) is 2.45. The molecule has 0 amide bonds. The zero-order valence-electron chi connectivity index (χ0n) is 11.6. The Morgan fingerprint density at radius 2 is 2.14 bits per heavy atom. The summed E-state index contributed by atoms with van der Waals surface area (Å²) in [4.78, 5) is 10.8. The second kappa shape index (κ2) is 6.46. The van der Waals surface area contributed by atoms with Gasteiger partial charge in [-0.3, -0.25) is 4.98 Å². The first-order valence-electron chi connectivity index (χ1n) is 6.36. The second-order valence-electron chi connectivity index (χ2n) is 4.49. The topological polar surface area (TPSA) is 86.0 Å². The normalized spacial score (nSPS) is 12.7. The molecule has 0 radical (unpaired) electrons. The van der Waals surface area contributed by atoms with Crippen LogP contribution in [-0.2, 0) is 6.18 Å². The predicted octanol–water partition coefficient (Wildman–Crippen LogP) is 2.35. The Labute approximate surface area is 124 Å². The van der Waals surface area contributed by atoms with Gasteiger partial charge in [0.25, 0.3) is 0 Å². The molecule has 0 aromatic carbocycles. The maximum absolute atomic E-state index is 12.9. The zero-order chi connectivity index (χ0) is 16.2. The van der Waals surface area contributed by atoms with Crippen molar-refractivity contribution in [1.29, 1.82) is 0 Å². The summed E-state index contributed by atoms with van der Waals surface area (Å²) in [5.41, 5.74) is 4.36. The number of hydrogen-bond donors (Lipinski definition) is 2. The van der Waals surface area contributed by atoms with Crippen LogP contribution >= 0.6 is 0 Å². The van der Waals surface area contributed by atoms with Crippen molar-refractivity contribution in [1.82, 2.24) is 15.0 Å². The molecule has 0 aliphatic rings. The highest BCUT2D eigenvalue weighted by molar-refractivity contribution is 5.47. The SMILES string of the molecule is CC(CNc1nc(N)ncc1C(F)(F)F)Oc1cccnc1. The standard InChI is InChI=1S/C13H14F3N5O/c1-8(22-9-3-2-4-18-6-9)5-19-11-10(13(14,15)16)7-20-12(17)21-11/h2-4,6-8H,5H2,1H3,(H3,17,19,20,21). The van der Waals surface area contributed by atoms with Crippen LogP contribution in [0.4, 0.5) is 24.9 Å². The monoisotopic (exact) mass is 313 g/mol. The lowest BCUT2D eigenvalue weighted by molar-refractivity contribution is -0.137. The lowest BCUT2D eigenvalue weighted by Gasteiger charge is -2.17. The van der Waals surface area contributed by atoms with E-state index in [1.165, 1.54) is 6.20 Å². The first kappa shape index (κ1) is 15.8. The molecule has 2 rings (SSSR count). The van der Waals surface area contributed by atoms with E-state index >= 15 is 0 Å². The summed E-state index contributed by atoms with van der Waals surface area (Å²) in [6, 6.07) is 3.40. The number of rotatable bonds is 5. The zero-order valence-corrected chi connectivity index (χ0v) is 11.6. The minimum Gasteiger partial charge on any atom is -0.487 e. The first-order chi connectivity index (χ1) is 10.4. The highest BCUT2D eigenvalue weighted by Gasteiger charge is 2.35. The van der Waals surface area contributed by atoms with Crippen LogP contribution in [0.25, 0.3) is 0 Å². The fourth-order valence-electron chi connectivity index (χ4n) is 1.67. The molecule has 2 heterocycles. The van der Waals surface area contributed by atoms with E-state index in [4.69, 9.17) is 10.5 Å². The van der Waals surface area contributed by atoms with Crippen LogP contribution in [0.15, 0.2) is 30.7 Å². The Balaban J connectivity index is 2.03. The molecular weight excluding hydrogens is 299 g/mol. The van der Waals surface area contributed by atoms with Crippen molar-refractivity contribution in [2.75, 3.05) is 17.6 Å². The molecule has 6 nitrogen and oxygen atoms in total. The smallest absolute Gasteiger partial charge is 0.421 e. The van der Waals surface area contributed by atoms with Gasteiger partial charge in [0.1, 0.15) is 23.2 Å². The van der Waals surface area contributed by atoms with Crippen LogP contribution in [0, 0.1) is 0 Å². The number of pyridine rings is 1. The maximum Gasteiger partial charge on any atom is 0.421 e. The third-order valence-electron chi connectivity index (χ3n) is 2.64. The summed E-state index contributed by atoms with van der Waals surface area (Å²) in [5.74, 6) is -0.0898. The predicted molar refractivity (Wildman–Crippen MR) is 74.3 cm³/mol. The Kier molecular flexibility index (Phi) is 4.64. The number of nitrogens with two attached hydrogens (primary N) is 1.